The molecule has 2 aliphatic rings. The van der Waals surface area contributed by atoms with E-state index in [1.165, 1.54) is 0 Å². The van der Waals surface area contributed by atoms with E-state index in [4.69, 9.17) is 21.1 Å². The van der Waals surface area contributed by atoms with Crippen LogP contribution in [0.2, 0.25) is 5.02 Å². The van der Waals surface area contributed by atoms with Gasteiger partial charge in [0, 0.05) is 60.7 Å². The first-order chi connectivity index (χ1) is 16.5. The molecule has 7 nitrogen and oxygen atoms in total. The number of methoxy groups -OCH3 is 2. The Hall–Kier alpha value is -2.77. The van der Waals surface area contributed by atoms with Gasteiger partial charge in [-0.15, -0.1) is 0 Å². The molecule has 0 aromatic heterocycles. The third-order valence-corrected chi connectivity index (χ3v) is 7.07. The van der Waals surface area contributed by atoms with Crippen molar-refractivity contribution >= 4 is 29.1 Å². The number of anilines is 1. The molecule has 2 amide bonds. The molecular weight excluding hydrogens is 454 g/mol. The highest BCUT2D eigenvalue weighted by Crippen LogP contribution is 2.33. The van der Waals surface area contributed by atoms with Crippen molar-refractivity contribution in [3.63, 3.8) is 0 Å². The molecule has 0 unspecified atom stereocenters. The highest BCUT2D eigenvalue weighted by Gasteiger charge is 2.37. The summed E-state index contributed by atoms with van der Waals surface area (Å²) in [5.74, 6) is 1.55. The molecule has 182 valence electrons. The third kappa shape index (κ3) is 5.65. The number of benzene rings is 2. The monoisotopic (exact) mass is 485 g/mol. The third-order valence-electron chi connectivity index (χ3n) is 6.82. The van der Waals surface area contributed by atoms with E-state index < -0.39 is 0 Å². The summed E-state index contributed by atoms with van der Waals surface area (Å²) in [6.45, 7) is 2.50. The first-order valence-electron chi connectivity index (χ1n) is 11.8. The number of nitrogens with one attached hydrogen (secondary N) is 1. The van der Waals surface area contributed by atoms with Crippen LogP contribution in [0.4, 0.5) is 5.69 Å². The Morgan fingerprint density at radius 2 is 1.53 bits per heavy atom. The van der Waals surface area contributed by atoms with Gasteiger partial charge in [0.15, 0.2) is 0 Å². The van der Waals surface area contributed by atoms with Crippen LogP contribution in [0.3, 0.4) is 0 Å². The van der Waals surface area contributed by atoms with Gasteiger partial charge in [-0.3, -0.25) is 14.5 Å². The molecule has 2 aromatic carbocycles. The lowest BCUT2D eigenvalue weighted by molar-refractivity contribution is -0.123. The van der Waals surface area contributed by atoms with Crippen LogP contribution in [-0.4, -0.2) is 68.1 Å². The number of carbonyl (C=O) groups excluding carboxylic acids is 2. The summed E-state index contributed by atoms with van der Waals surface area (Å²) >= 11 is 5.96. The molecule has 0 radical (unpaired) electrons. The first-order valence-corrected chi connectivity index (χ1v) is 12.2. The molecule has 4 rings (SSSR count). The number of hydrogen-bond acceptors (Lipinski definition) is 5. The number of nitrogens with zero attached hydrogens (tertiary/aromatic N) is 2. The Balaban J connectivity index is 1.45. The van der Waals surface area contributed by atoms with Gasteiger partial charge in [-0.2, -0.15) is 0 Å². The van der Waals surface area contributed by atoms with Gasteiger partial charge in [-0.25, -0.2) is 0 Å². The quantitative estimate of drug-likeness (QED) is 0.632. The fraction of sp³-hybridized carbons (Fsp3) is 0.462. The van der Waals surface area contributed by atoms with Crippen molar-refractivity contribution in [2.24, 2.45) is 5.92 Å². The van der Waals surface area contributed by atoms with Crippen molar-refractivity contribution in [2.75, 3.05) is 45.7 Å². The second-order valence-electron chi connectivity index (χ2n) is 8.92. The minimum absolute atomic E-state index is 0.00154. The van der Waals surface area contributed by atoms with Crippen LogP contribution in [0.25, 0.3) is 0 Å². The van der Waals surface area contributed by atoms with Gasteiger partial charge in [0.2, 0.25) is 5.91 Å². The number of piperazine rings is 1. The Morgan fingerprint density at radius 1 is 0.941 bits per heavy atom. The predicted octanol–water partition coefficient (Wildman–Crippen LogP) is 4.31. The lowest BCUT2D eigenvalue weighted by Gasteiger charge is -2.40. The van der Waals surface area contributed by atoms with E-state index in [2.05, 4.69) is 10.2 Å². The Labute approximate surface area is 206 Å². The Bertz CT molecular complexity index is 977. The molecule has 1 atom stereocenters. The van der Waals surface area contributed by atoms with Gasteiger partial charge in [0.05, 0.1) is 20.3 Å². The van der Waals surface area contributed by atoms with Crippen molar-refractivity contribution < 1.29 is 19.1 Å². The number of hydrogen-bond donors (Lipinski definition) is 1. The summed E-state index contributed by atoms with van der Waals surface area (Å²) in [7, 11) is 3.18. The normalized spacial score (nSPS) is 17.9. The van der Waals surface area contributed by atoms with E-state index in [1.54, 1.807) is 56.7 Å². The van der Waals surface area contributed by atoms with Gasteiger partial charge < -0.3 is 19.7 Å². The predicted molar refractivity (Wildman–Crippen MR) is 133 cm³/mol. The number of rotatable bonds is 7. The largest absolute Gasteiger partial charge is 0.497 e. The first kappa shape index (κ1) is 24.4. The zero-order chi connectivity index (χ0) is 24.1. The molecule has 2 fully saturated rings. The van der Waals surface area contributed by atoms with E-state index in [9.17, 15) is 9.59 Å². The topological polar surface area (TPSA) is 71.1 Å². The lowest BCUT2D eigenvalue weighted by Crippen LogP contribution is -2.56. The molecule has 1 aliphatic carbocycles. The van der Waals surface area contributed by atoms with Gasteiger partial charge in [0.25, 0.3) is 5.91 Å². The van der Waals surface area contributed by atoms with Crippen LogP contribution in [0.15, 0.2) is 42.5 Å². The molecule has 1 saturated heterocycles. The molecule has 1 N–H and O–H groups in total. The molecule has 2 aromatic rings. The van der Waals surface area contributed by atoms with Crippen LogP contribution in [-0.2, 0) is 4.79 Å². The van der Waals surface area contributed by atoms with Crippen LogP contribution < -0.4 is 14.8 Å². The van der Waals surface area contributed by atoms with Crippen molar-refractivity contribution in [3.8, 4) is 11.5 Å². The zero-order valence-electron chi connectivity index (χ0n) is 19.8. The molecule has 1 heterocycles. The molecular formula is C26H32ClN3O4. The molecule has 0 bridgehead atoms. The maximum atomic E-state index is 13.5. The van der Waals surface area contributed by atoms with E-state index in [0.29, 0.717) is 59.9 Å². The maximum Gasteiger partial charge on any atom is 0.253 e. The minimum atomic E-state index is -0.229. The zero-order valence-corrected chi connectivity index (χ0v) is 20.5. The van der Waals surface area contributed by atoms with Crippen LogP contribution in [0.1, 0.15) is 36.0 Å². The van der Waals surface area contributed by atoms with Crippen molar-refractivity contribution in [1.29, 1.82) is 0 Å². The highest BCUT2D eigenvalue weighted by atomic mass is 35.5. The number of carbonyl (C=O) groups is 2. The fourth-order valence-corrected chi connectivity index (χ4v) is 5.15. The van der Waals surface area contributed by atoms with E-state index in [-0.39, 0.29) is 17.9 Å². The van der Waals surface area contributed by atoms with Crippen LogP contribution >= 0.6 is 11.6 Å². The number of halogens is 1. The second kappa shape index (κ2) is 11.1. The minimum Gasteiger partial charge on any atom is -0.497 e. The summed E-state index contributed by atoms with van der Waals surface area (Å²) < 4.78 is 10.7. The molecule has 0 spiro atoms. The van der Waals surface area contributed by atoms with Gasteiger partial charge >= 0.3 is 0 Å². The standard InChI is InChI=1S/C26H32ClN3O4/c1-33-22-15-21(16-23(17-22)34-2)28-25(31)24(18-5-3-4-6-18)29-11-13-30(14-12-29)26(32)19-7-9-20(27)10-8-19/h7-10,15-18,24H,3-6,11-14H2,1-2H3,(H,28,31)/t24-/m1/s1. The number of ether oxygens (including phenoxy) is 2. The highest BCUT2D eigenvalue weighted by molar-refractivity contribution is 6.30. The maximum absolute atomic E-state index is 13.5. The van der Waals surface area contributed by atoms with Crippen molar-refractivity contribution in [2.45, 2.75) is 31.7 Å². The van der Waals surface area contributed by atoms with Gasteiger partial charge in [-0.05, 0) is 43.0 Å². The number of amides is 2. The average Bonchev–Trinajstić information content (AvgIpc) is 3.38. The van der Waals surface area contributed by atoms with Gasteiger partial charge in [0.1, 0.15) is 11.5 Å². The summed E-state index contributed by atoms with van der Waals surface area (Å²) in [5, 5.41) is 3.71. The Kier molecular flexibility index (Phi) is 7.95. The Morgan fingerprint density at radius 3 is 2.09 bits per heavy atom. The lowest BCUT2D eigenvalue weighted by atomic mass is 9.94. The van der Waals surface area contributed by atoms with Crippen molar-refractivity contribution in [3.05, 3.63) is 53.1 Å². The van der Waals surface area contributed by atoms with Crippen molar-refractivity contribution in [1.82, 2.24) is 9.80 Å². The van der Waals surface area contributed by atoms with E-state index in [0.717, 1.165) is 25.7 Å². The van der Waals surface area contributed by atoms with Crippen LogP contribution in [0, 0.1) is 5.92 Å². The van der Waals surface area contributed by atoms with E-state index in [1.807, 2.05) is 4.90 Å². The summed E-state index contributed by atoms with van der Waals surface area (Å²) in [6.07, 6.45) is 4.39. The molecule has 1 saturated carbocycles. The molecule has 1 aliphatic heterocycles. The van der Waals surface area contributed by atoms with Crippen LogP contribution in [0.5, 0.6) is 11.5 Å². The SMILES string of the molecule is COc1cc(NC(=O)[C@@H](C2CCCC2)N2CCN(C(=O)c3ccc(Cl)cc3)CC2)cc(OC)c1. The summed E-state index contributed by atoms with van der Waals surface area (Å²) in [6, 6.07) is 12.1. The van der Waals surface area contributed by atoms with E-state index >= 15 is 0 Å². The average molecular weight is 486 g/mol. The van der Waals surface area contributed by atoms with Gasteiger partial charge in [-0.1, -0.05) is 24.4 Å². The fourth-order valence-electron chi connectivity index (χ4n) is 5.03. The second-order valence-corrected chi connectivity index (χ2v) is 9.35. The smallest absolute Gasteiger partial charge is 0.253 e. The summed E-state index contributed by atoms with van der Waals surface area (Å²) in [5.41, 5.74) is 1.29. The molecule has 34 heavy (non-hydrogen) atoms. The molecule has 8 heteroatoms. The summed E-state index contributed by atoms with van der Waals surface area (Å²) in [4.78, 5) is 30.5.